The van der Waals surface area contributed by atoms with E-state index in [2.05, 4.69) is 6.92 Å². The Morgan fingerprint density at radius 3 is 2.67 bits per heavy atom. The molecular weight excluding hydrogens is 236 g/mol. The summed E-state index contributed by atoms with van der Waals surface area (Å²) in [4.78, 5) is 0. The molecule has 1 atom stereocenters. The van der Waals surface area contributed by atoms with E-state index < -0.39 is 0 Å². The first kappa shape index (κ1) is 14.7. The molecule has 1 aromatic rings. The van der Waals surface area contributed by atoms with Crippen molar-refractivity contribution in [3.05, 3.63) is 34.6 Å². The average molecular weight is 252 g/mol. The lowest BCUT2D eigenvalue weighted by Gasteiger charge is -2.12. The quantitative estimate of drug-likeness (QED) is 0.858. The third-order valence-electron chi connectivity index (χ3n) is 2.23. The molecule has 4 heteroatoms. The Morgan fingerprint density at radius 2 is 2.13 bits per heavy atom. The number of benzene rings is 1. The van der Waals surface area contributed by atoms with Crippen LogP contribution in [0, 0.1) is 5.82 Å². The maximum Gasteiger partial charge on any atom is 0.124 e. The molecule has 1 nitrogen and oxygen atoms in total. The highest BCUT2D eigenvalue weighted by Gasteiger charge is 2.09. The second kappa shape index (κ2) is 7.04. The summed E-state index contributed by atoms with van der Waals surface area (Å²) in [5.41, 5.74) is 6.76. The Labute approximate surface area is 101 Å². The van der Waals surface area contributed by atoms with Crippen molar-refractivity contribution in [2.75, 3.05) is 0 Å². The number of nitrogens with two attached hydrogens (primary N) is 1. The standard InChI is InChI=1S/C11H15ClFN.ClH/c1-2-3-4-11(14)9-6-5-8(13)7-10(9)12;/h5-7,11H,2-4,14H2,1H3;1H/t11-;/m0./s1. The molecule has 0 saturated carbocycles. The van der Waals surface area contributed by atoms with Gasteiger partial charge in [0.05, 0.1) is 0 Å². The summed E-state index contributed by atoms with van der Waals surface area (Å²) in [6.45, 7) is 2.11. The van der Waals surface area contributed by atoms with Crippen molar-refractivity contribution in [3.8, 4) is 0 Å². The first-order valence-electron chi connectivity index (χ1n) is 4.85. The summed E-state index contributed by atoms with van der Waals surface area (Å²) in [5, 5.41) is 0.425. The van der Waals surface area contributed by atoms with Crippen LogP contribution in [0.4, 0.5) is 4.39 Å². The third kappa shape index (κ3) is 4.37. The van der Waals surface area contributed by atoms with Crippen molar-refractivity contribution in [2.24, 2.45) is 5.73 Å². The van der Waals surface area contributed by atoms with E-state index in [-0.39, 0.29) is 24.3 Å². The molecule has 0 spiro atoms. The normalized spacial score (nSPS) is 12.0. The van der Waals surface area contributed by atoms with E-state index in [0.29, 0.717) is 5.02 Å². The molecule has 0 fully saturated rings. The maximum absolute atomic E-state index is 12.7. The number of hydrogen-bond acceptors (Lipinski definition) is 1. The highest BCUT2D eigenvalue weighted by atomic mass is 35.5. The molecule has 0 aliphatic heterocycles. The van der Waals surface area contributed by atoms with Crippen molar-refractivity contribution in [2.45, 2.75) is 32.2 Å². The van der Waals surface area contributed by atoms with Gasteiger partial charge in [-0.05, 0) is 24.1 Å². The SMILES string of the molecule is CCCC[C@H](N)c1ccc(F)cc1Cl.Cl. The third-order valence-corrected chi connectivity index (χ3v) is 2.56. The van der Waals surface area contributed by atoms with Crippen molar-refractivity contribution >= 4 is 24.0 Å². The Balaban J connectivity index is 0.00000196. The van der Waals surface area contributed by atoms with E-state index in [1.807, 2.05) is 0 Å². The van der Waals surface area contributed by atoms with E-state index in [9.17, 15) is 4.39 Å². The smallest absolute Gasteiger partial charge is 0.124 e. The Morgan fingerprint density at radius 1 is 1.47 bits per heavy atom. The molecule has 0 saturated heterocycles. The lowest BCUT2D eigenvalue weighted by Crippen LogP contribution is -2.10. The second-order valence-corrected chi connectivity index (χ2v) is 3.82. The zero-order valence-corrected chi connectivity index (χ0v) is 10.2. The van der Waals surface area contributed by atoms with Gasteiger partial charge in [-0.3, -0.25) is 0 Å². The summed E-state index contributed by atoms with van der Waals surface area (Å²) in [6.07, 6.45) is 3.06. The summed E-state index contributed by atoms with van der Waals surface area (Å²) >= 11 is 5.88. The molecule has 2 N–H and O–H groups in total. The monoisotopic (exact) mass is 251 g/mol. The molecule has 0 amide bonds. The molecular formula is C11H16Cl2FN. The van der Waals surface area contributed by atoms with Gasteiger partial charge in [0.15, 0.2) is 0 Å². The van der Waals surface area contributed by atoms with Gasteiger partial charge in [-0.1, -0.05) is 37.4 Å². The summed E-state index contributed by atoms with van der Waals surface area (Å²) in [6, 6.07) is 4.29. The van der Waals surface area contributed by atoms with Gasteiger partial charge in [0.25, 0.3) is 0 Å². The number of hydrogen-bond donors (Lipinski definition) is 1. The van der Waals surface area contributed by atoms with Crippen LogP contribution in [0.15, 0.2) is 18.2 Å². The first-order chi connectivity index (χ1) is 6.65. The minimum atomic E-state index is -0.318. The molecule has 86 valence electrons. The first-order valence-corrected chi connectivity index (χ1v) is 5.23. The van der Waals surface area contributed by atoms with Gasteiger partial charge in [-0.25, -0.2) is 4.39 Å². The topological polar surface area (TPSA) is 26.0 Å². The van der Waals surface area contributed by atoms with Crippen LogP contribution in [0.3, 0.4) is 0 Å². The summed E-state index contributed by atoms with van der Waals surface area (Å²) in [7, 11) is 0. The second-order valence-electron chi connectivity index (χ2n) is 3.41. The predicted molar refractivity (Wildman–Crippen MR) is 65.1 cm³/mol. The predicted octanol–water partition coefficient (Wildman–Crippen LogP) is 4.09. The van der Waals surface area contributed by atoms with E-state index in [1.54, 1.807) is 6.07 Å². The molecule has 0 aromatic heterocycles. The lowest BCUT2D eigenvalue weighted by molar-refractivity contribution is 0.597. The van der Waals surface area contributed by atoms with E-state index in [4.69, 9.17) is 17.3 Å². The van der Waals surface area contributed by atoms with Crippen molar-refractivity contribution in [3.63, 3.8) is 0 Å². The molecule has 0 aliphatic carbocycles. The van der Waals surface area contributed by atoms with Crippen LogP contribution in [0.1, 0.15) is 37.8 Å². The highest BCUT2D eigenvalue weighted by Crippen LogP contribution is 2.25. The van der Waals surface area contributed by atoms with Crippen LogP contribution in [0.5, 0.6) is 0 Å². The fourth-order valence-electron chi connectivity index (χ4n) is 1.38. The molecule has 0 bridgehead atoms. The van der Waals surface area contributed by atoms with Crippen molar-refractivity contribution in [1.82, 2.24) is 0 Å². The van der Waals surface area contributed by atoms with Crippen LogP contribution < -0.4 is 5.73 Å². The Kier molecular flexibility index (Phi) is 6.90. The van der Waals surface area contributed by atoms with Gasteiger partial charge < -0.3 is 5.73 Å². The molecule has 0 radical (unpaired) electrons. The number of halogens is 3. The number of rotatable bonds is 4. The summed E-state index contributed by atoms with van der Waals surface area (Å²) in [5.74, 6) is -0.318. The van der Waals surface area contributed by atoms with Gasteiger partial charge >= 0.3 is 0 Å². The Hall–Kier alpha value is -0.310. The number of unbranched alkanes of at least 4 members (excludes halogenated alkanes) is 1. The minimum Gasteiger partial charge on any atom is -0.324 e. The van der Waals surface area contributed by atoms with Crippen LogP contribution >= 0.6 is 24.0 Å². The van der Waals surface area contributed by atoms with Gasteiger partial charge in [-0.2, -0.15) is 0 Å². The van der Waals surface area contributed by atoms with Crippen LogP contribution in [0.25, 0.3) is 0 Å². The zero-order chi connectivity index (χ0) is 10.6. The molecule has 1 aromatic carbocycles. The van der Waals surface area contributed by atoms with E-state index in [0.717, 1.165) is 24.8 Å². The fourth-order valence-corrected chi connectivity index (χ4v) is 1.69. The van der Waals surface area contributed by atoms with Gasteiger partial charge in [0.2, 0.25) is 0 Å². The molecule has 0 aliphatic rings. The fraction of sp³-hybridized carbons (Fsp3) is 0.455. The molecule has 0 unspecified atom stereocenters. The zero-order valence-electron chi connectivity index (χ0n) is 8.67. The van der Waals surface area contributed by atoms with Crippen molar-refractivity contribution in [1.29, 1.82) is 0 Å². The van der Waals surface area contributed by atoms with Crippen LogP contribution in [-0.4, -0.2) is 0 Å². The Bertz CT molecular complexity index is 305. The lowest BCUT2D eigenvalue weighted by atomic mass is 10.0. The van der Waals surface area contributed by atoms with Gasteiger partial charge in [-0.15, -0.1) is 12.4 Å². The average Bonchev–Trinajstić information content (AvgIpc) is 2.14. The van der Waals surface area contributed by atoms with E-state index >= 15 is 0 Å². The largest absolute Gasteiger partial charge is 0.324 e. The van der Waals surface area contributed by atoms with Gasteiger partial charge in [0, 0.05) is 11.1 Å². The molecule has 1 rings (SSSR count). The van der Waals surface area contributed by atoms with Gasteiger partial charge in [0.1, 0.15) is 5.82 Å². The molecule has 0 heterocycles. The highest BCUT2D eigenvalue weighted by molar-refractivity contribution is 6.31. The van der Waals surface area contributed by atoms with Crippen LogP contribution in [-0.2, 0) is 0 Å². The maximum atomic E-state index is 12.7. The van der Waals surface area contributed by atoms with Crippen molar-refractivity contribution < 1.29 is 4.39 Å². The minimum absolute atomic E-state index is 0. The molecule has 15 heavy (non-hydrogen) atoms. The van der Waals surface area contributed by atoms with Crippen LogP contribution in [0.2, 0.25) is 5.02 Å². The van der Waals surface area contributed by atoms with E-state index in [1.165, 1.54) is 12.1 Å². The summed E-state index contributed by atoms with van der Waals surface area (Å²) < 4.78 is 12.7.